The summed E-state index contributed by atoms with van der Waals surface area (Å²) in [6, 6.07) is 6.97. The van der Waals surface area contributed by atoms with E-state index >= 15 is 0 Å². The van der Waals surface area contributed by atoms with Crippen LogP contribution in [-0.2, 0) is 4.74 Å². The standard InChI is InChI=1S/C15H25NOS/c1-11-7-8-13(9-12(11)2)18-10-14(16-5)15(3,4)17-6/h7-9,14,16H,10H2,1-6H3. The molecule has 0 spiro atoms. The van der Waals surface area contributed by atoms with E-state index in [1.54, 1.807) is 7.11 Å². The zero-order valence-corrected chi connectivity index (χ0v) is 13.1. The molecule has 0 saturated carbocycles. The summed E-state index contributed by atoms with van der Waals surface area (Å²) in [4.78, 5) is 1.32. The maximum Gasteiger partial charge on any atom is 0.0783 e. The molecule has 102 valence electrons. The van der Waals surface area contributed by atoms with Crippen molar-refractivity contribution in [2.24, 2.45) is 0 Å². The fourth-order valence-electron chi connectivity index (χ4n) is 1.76. The van der Waals surface area contributed by atoms with Gasteiger partial charge in [-0.1, -0.05) is 6.07 Å². The zero-order valence-electron chi connectivity index (χ0n) is 12.3. The Morgan fingerprint density at radius 2 is 1.94 bits per heavy atom. The minimum atomic E-state index is -0.151. The van der Waals surface area contributed by atoms with Crippen molar-refractivity contribution in [3.63, 3.8) is 0 Å². The summed E-state index contributed by atoms with van der Waals surface area (Å²) in [6.07, 6.45) is 0. The number of nitrogens with one attached hydrogen (secondary N) is 1. The number of aryl methyl sites for hydroxylation is 2. The molecule has 0 heterocycles. The van der Waals surface area contributed by atoms with E-state index in [1.165, 1.54) is 16.0 Å². The average Bonchev–Trinajstić information content (AvgIpc) is 2.34. The van der Waals surface area contributed by atoms with Crippen LogP contribution in [0, 0.1) is 13.8 Å². The molecular formula is C15H25NOS. The topological polar surface area (TPSA) is 21.3 Å². The first-order valence-electron chi connectivity index (χ1n) is 6.33. The largest absolute Gasteiger partial charge is 0.377 e. The van der Waals surface area contributed by atoms with Gasteiger partial charge in [-0.2, -0.15) is 0 Å². The van der Waals surface area contributed by atoms with Crippen LogP contribution >= 0.6 is 11.8 Å². The number of hydrogen-bond acceptors (Lipinski definition) is 3. The minimum absolute atomic E-state index is 0.151. The zero-order chi connectivity index (χ0) is 13.8. The third-order valence-corrected chi connectivity index (χ3v) is 4.70. The summed E-state index contributed by atoms with van der Waals surface area (Å²) < 4.78 is 5.55. The number of thioether (sulfide) groups is 1. The van der Waals surface area contributed by atoms with Gasteiger partial charge < -0.3 is 10.1 Å². The fourth-order valence-corrected chi connectivity index (χ4v) is 3.11. The summed E-state index contributed by atoms with van der Waals surface area (Å²) in [5.74, 6) is 1.000. The lowest BCUT2D eigenvalue weighted by molar-refractivity contribution is -0.00155. The molecule has 1 rings (SSSR count). The van der Waals surface area contributed by atoms with E-state index in [-0.39, 0.29) is 5.60 Å². The van der Waals surface area contributed by atoms with Crippen LogP contribution in [0.4, 0.5) is 0 Å². The molecule has 0 saturated heterocycles. The summed E-state index contributed by atoms with van der Waals surface area (Å²) in [5, 5.41) is 3.34. The molecule has 0 aliphatic heterocycles. The molecule has 0 aliphatic carbocycles. The Morgan fingerprint density at radius 3 is 2.44 bits per heavy atom. The molecular weight excluding hydrogens is 242 g/mol. The lowest BCUT2D eigenvalue weighted by atomic mass is 10.0. The molecule has 0 bridgehead atoms. The van der Waals surface area contributed by atoms with Crippen molar-refractivity contribution in [2.45, 2.75) is 44.2 Å². The fraction of sp³-hybridized carbons (Fsp3) is 0.600. The quantitative estimate of drug-likeness (QED) is 0.798. The molecule has 0 radical (unpaired) electrons. The molecule has 0 amide bonds. The number of ether oxygens (including phenoxy) is 1. The van der Waals surface area contributed by atoms with Gasteiger partial charge in [0.2, 0.25) is 0 Å². The van der Waals surface area contributed by atoms with Crippen LogP contribution in [0.3, 0.4) is 0 Å². The van der Waals surface area contributed by atoms with Gasteiger partial charge in [0.25, 0.3) is 0 Å². The second-order valence-corrected chi connectivity index (χ2v) is 6.30. The Bertz CT molecular complexity index is 390. The summed E-state index contributed by atoms with van der Waals surface area (Å²) in [5.41, 5.74) is 2.55. The minimum Gasteiger partial charge on any atom is -0.377 e. The predicted octanol–water partition coefficient (Wildman–Crippen LogP) is 3.41. The maximum absolute atomic E-state index is 5.55. The highest BCUT2D eigenvalue weighted by Gasteiger charge is 2.27. The van der Waals surface area contributed by atoms with Gasteiger partial charge in [-0.3, -0.25) is 0 Å². The Kier molecular flexibility index (Phi) is 5.70. The van der Waals surface area contributed by atoms with Crippen LogP contribution in [0.2, 0.25) is 0 Å². The lowest BCUT2D eigenvalue weighted by Gasteiger charge is -2.32. The van der Waals surface area contributed by atoms with Gasteiger partial charge in [0, 0.05) is 23.8 Å². The van der Waals surface area contributed by atoms with Crippen LogP contribution in [0.1, 0.15) is 25.0 Å². The van der Waals surface area contributed by atoms with Crippen LogP contribution in [0.25, 0.3) is 0 Å². The highest BCUT2D eigenvalue weighted by molar-refractivity contribution is 7.99. The van der Waals surface area contributed by atoms with Gasteiger partial charge in [-0.15, -0.1) is 11.8 Å². The number of hydrogen-bond donors (Lipinski definition) is 1. The Balaban J connectivity index is 2.65. The highest BCUT2D eigenvalue weighted by atomic mass is 32.2. The molecule has 1 aromatic carbocycles. The van der Waals surface area contributed by atoms with Crippen molar-refractivity contribution in [2.75, 3.05) is 19.9 Å². The smallest absolute Gasteiger partial charge is 0.0783 e. The Hall–Kier alpha value is -0.510. The SMILES string of the molecule is CNC(CSc1ccc(C)c(C)c1)C(C)(C)OC. The van der Waals surface area contributed by atoms with E-state index < -0.39 is 0 Å². The second-order valence-electron chi connectivity index (χ2n) is 5.21. The molecule has 0 aromatic heterocycles. The van der Waals surface area contributed by atoms with Gasteiger partial charge in [-0.25, -0.2) is 0 Å². The lowest BCUT2D eigenvalue weighted by Crippen LogP contribution is -2.48. The second kappa shape index (κ2) is 6.60. The van der Waals surface area contributed by atoms with Crippen molar-refractivity contribution >= 4 is 11.8 Å². The van der Waals surface area contributed by atoms with Gasteiger partial charge in [0.15, 0.2) is 0 Å². The molecule has 18 heavy (non-hydrogen) atoms. The molecule has 1 aromatic rings. The van der Waals surface area contributed by atoms with Gasteiger partial charge >= 0.3 is 0 Å². The Labute approximate surface area is 116 Å². The van der Waals surface area contributed by atoms with Crippen molar-refractivity contribution < 1.29 is 4.74 Å². The van der Waals surface area contributed by atoms with Crippen molar-refractivity contribution in [1.29, 1.82) is 0 Å². The highest BCUT2D eigenvalue weighted by Crippen LogP contribution is 2.25. The van der Waals surface area contributed by atoms with E-state index in [2.05, 4.69) is 51.2 Å². The molecule has 0 fully saturated rings. The third kappa shape index (κ3) is 4.01. The summed E-state index contributed by atoms with van der Waals surface area (Å²) >= 11 is 1.88. The molecule has 2 nitrogen and oxygen atoms in total. The van der Waals surface area contributed by atoms with Crippen molar-refractivity contribution in [3.8, 4) is 0 Å². The van der Waals surface area contributed by atoms with Crippen molar-refractivity contribution in [3.05, 3.63) is 29.3 Å². The predicted molar refractivity (Wildman–Crippen MR) is 80.6 cm³/mol. The van der Waals surface area contributed by atoms with E-state index in [4.69, 9.17) is 4.74 Å². The number of methoxy groups -OCH3 is 1. The van der Waals surface area contributed by atoms with Gasteiger partial charge in [-0.05, 0) is 58.0 Å². The van der Waals surface area contributed by atoms with Gasteiger partial charge in [0.05, 0.1) is 5.60 Å². The van der Waals surface area contributed by atoms with E-state index in [1.807, 2.05) is 18.8 Å². The molecule has 1 N–H and O–H groups in total. The van der Waals surface area contributed by atoms with E-state index in [0.29, 0.717) is 6.04 Å². The van der Waals surface area contributed by atoms with E-state index in [0.717, 1.165) is 5.75 Å². The number of benzene rings is 1. The van der Waals surface area contributed by atoms with E-state index in [9.17, 15) is 0 Å². The molecule has 1 atom stereocenters. The molecule has 1 unspecified atom stereocenters. The number of likely N-dealkylation sites (N-methyl/N-ethyl adjacent to an activating group) is 1. The maximum atomic E-state index is 5.55. The van der Waals surface area contributed by atoms with Crippen LogP contribution in [-0.4, -0.2) is 31.6 Å². The van der Waals surface area contributed by atoms with Crippen LogP contribution in [0.15, 0.2) is 23.1 Å². The van der Waals surface area contributed by atoms with Crippen molar-refractivity contribution in [1.82, 2.24) is 5.32 Å². The molecule has 3 heteroatoms. The van der Waals surface area contributed by atoms with Crippen LogP contribution in [0.5, 0.6) is 0 Å². The average molecular weight is 267 g/mol. The first-order valence-corrected chi connectivity index (χ1v) is 7.31. The third-order valence-electron chi connectivity index (χ3n) is 3.61. The summed E-state index contributed by atoms with van der Waals surface area (Å²) in [6.45, 7) is 8.55. The first kappa shape index (κ1) is 15.5. The monoisotopic (exact) mass is 267 g/mol. The number of rotatable bonds is 6. The van der Waals surface area contributed by atoms with Crippen LogP contribution < -0.4 is 5.32 Å². The van der Waals surface area contributed by atoms with Gasteiger partial charge in [0.1, 0.15) is 0 Å². The summed E-state index contributed by atoms with van der Waals surface area (Å²) in [7, 11) is 3.76. The Morgan fingerprint density at radius 1 is 1.28 bits per heavy atom. The molecule has 0 aliphatic rings. The normalized spacial score (nSPS) is 13.7. The first-order chi connectivity index (χ1) is 8.40.